The number of allylic oxidation sites excluding steroid dienone is 2. The van der Waals surface area contributed by atoms with E-state index in [1.165, 1.54) is 94.6 Å². The molecule has 566 valence electrons. The maximum atomic E-state index is 15.5. The standard InChI is InChI=1S/C72H129N13O14/c1-27-29-31-48(14)60(87)59-64(91)75-52(28-2)66(93)85(26)72(17,41-86)84(25)58(47(13)32-30-37-99-71(98)78(19)51-33-35-77(18)36-34-51)63(90)76-56(45(9)10)69(96)79(20)53(38-42(3)4)62(89)73-49(15)61(88)74-50(16)65(92)80(21)54(39-43(5)6)67(94)81(22)55(40-44(7)8)68(95)82(23)57(46(11)12)70(97)83(59)24/h27,29,41-60,87H,28,30-40H2,1-26H3,(H,73,89)(H,74,88)(H,75,91)(H,76,90)/b29-27+/t47-,48-,49+,50-,52+,53+,54+,55+,56+,57+,58+,59+,60-,72+/m1/s1. The van der Waals surface area contributed by atoms with E-state index in [9.17, 15) is 29.1 Å². The van der Waals surface area contributed by atoms with E-state index in [4.69, 9.17) is 4.74 Å². The Morgan fingerprint density at radius 2 is 1.07 bits per heavy atom. The number of carbonyl (C=O) groups excluding carboxylic acids is 12. The second-order valence-corrected chi connectivity index (χ2v) is 30.3. The van der Waals surface area contributed by atoms with Crippen molar-refractivity contribution in [2.75, 3.05) is 83.1 Å². The number of carbonyl (C=O) groups is 12. The summed E-state index contributed by atoms with van der Waals surface area (Å²) < 4.78 is 5.76. The molecule has 0 radical (unpaired) electrons. The third kappa shape index (κ3) is 23.7. The van der Waals surface area contributed by atoms with Crippen LogP contribution in [0.1, 0.15) is 175 Å². The Labute approximate surface area is 592 Å². The van der Waals surface area contributed by atoms with Crippen LogP contribution < -0.4 is 21.3 Å². The fourth-order valence-corrected chi connectivity index (χ4v) is 13.3. The highest BCUT2D eigenvalue weighted by molar-refractivity contribution is 5.99. The molecule has 2 fully saturated rings. The number of hydrogen-bond donors (Lipinski definition) is 5. The highest BCUT2D eigenvalue weighted by Crippen LogP contribution is 2.29. The average Bonchev–Trinajstić information content (AvgIpc) is 0.790. The second kappa shape index (κ2) is 40.0. The molecule has 0 spiro atoms. The molecule has 2 saturated heterocycles. The van der Waals surface area contributed by atoms with Crippen molar-refractivity contribution in [1.29, 1.82) is 0 Å². The number of nitrogens with zero attached hydrogens (tertiary/aromatic N) is 9. The van der Waals surface area contributed by atoms with Gasteiger partial charge in [0.1, 0.15) is 60.0 Å². The van der Waals surface area contributed by atoms with Gasteiger partial charge in [0.05, 0.1) is 18.8 Å². The third-order valence-corrected chi connectivity index (χ3v) is 20.2. The van der Waals surface area contributed by atoms with Gasteiger partial charge in [0.2, 0.25) is 59.1 Å². The number of piperidine rings is 1. The van der Waals surface area contributed by atoms with E-state index in [1.807, 2.05) is 48.6 Å². The SMILES string of the molecule is C/C=C/C[C@@H](C)[C@@H](O)[C@H]1C(=O)N[C@@H](CC)C(=O)N(C)[C@@](C)(C=O)N(C)[C@@H]([C@H](C)CCCOC(=O)N(C)C2CCN(C)CC2)C(=O)N[C@@H](C(C)C)C(=O)N(C)[C@@H](CC(C)C)C(=O)N[C@@H](C)C(=O)N[C@H](C)C(=O)N(C)[C@@H](CC(C)C)C(=O)N(C)[C@@H](CC(C)C)C(=O)N(C)[C@@H](C(C)C)C(=O)N1C. The number of rotatable bonds is 20. The van der Waals surface area contributed by atoms with Crippen LogP contribution in [-0.4, -0.2) is 282 Å². The maximum absolute atomic E-state index is 15.5. The topological polar surface area (TPSA) is 312 Å². The third-order valence-electron chi connectivity index (χ3n) is 20.2. The molecule has 0 aromatic heterocycles. The van der Waals surface area contributed by atoms with Crippen LogP contribution in [-0.2, 0) is 57.5 Å². The molecule has 0 unspecified atom stereocenters. The lowest BCUT2D eigenvalue weighted by molar-refractivity contribution is -0.159. The molecule has 0 aliphatic carbocycles. The van der Waals surface area contributed by atoms with Crippen LogP contribution in [0.15, 0.2) is 12.2 Å². The van der Waals surface area contributed by atoms with Crippen molar-refractivity contribution in [3.8, 4) is 0 Å². The minimum Gasteiger partial charge on any atom is -0.449 e. The summed E-state index contributed by atoms with van der Waals surface area (Å²) in [4.78, 5) is 190. The Morgan fingerprint density at radius 3 is 1.56 bits per heavy atom. The number of likely N-dealkylation sites (tertiary alicyclic amines) is 1. The van der Waals surface area contributed by atoms with Gasteiger partial charge in [0, 0.05) is 55.4 Å². The summed E-state index contributed by atoms with van der Waals surface area (Å²) in [5.41, 5.74) is -2.00. The van der Waals surface area contributed by atoms with Crippen molar-refractivity contribution in [1.82, 2.24) is 65.4 Å². The fourth-order valence-electron chi connectivity index (χ4n) is 13.3. The smallest absolute Gasteiger partial charge is 0.409 e. The summed E-state index contributed by atoms with van der Waals surface area (Å²) in [7, 11) is 13.6. The molecule has 27 heteroatoms. The molecular formula is C72H129N13O14. The van der Waals surface area contributed by atoms with E-state index in [-0.39, 0.29) is 75.3 Å². The van der Waals surface area contributed by atoms with Gasteiger partial charge in [-0.15, -0.1) is 0 Å². The molecule has 0 aromatic rings. The number of amides is 11. The summed E-state index contributed by atoms with van der Waals surface area (Å²) in [5.74, 6) is -10.4. The largest absolute Gasteiger partial charge is 0.449 e. The van der Waals surface area contributed by atoms with Gasteiger partial charge in [0.15, 0.2) is 6.29 Å². The molecule has 2 aliphatic heterocycles. The Bertz CT molecular complexity index is 2760. The average molecular weight is 1400 g/mol. The molecule has 2 heterocycles. The Kier molecular flexibility index (Phi) is 35.7. The van der Waals surface area contributed by atoms with Crippen molar-refractivity contribution in [3.63, 3.8) is 0 Å². The predicted octanol–water partition coefficient (Wildman–Crippen LogP) is 4.19. The molecule has 27 nitrogen and oxygen atoms in total. The second-order valence-electron chi connectivity index (χ2n) is 30.3. The first-order valence-electron chi connectivity index (χ1n) is 35.8. The minimum absolute atomic E-state index is 0.00815. The number of nitrogens with one attached hydrogen (secondary N) is 4. The summed E-state index contributed by atoms with van der Waals surface area (Å²) in [6.07, 6.45) is 4.61. The Hall–Kier alpha value is -6.74. The zero-order chi connectivity index (χ0) is 76.2. The van der Waals surface area contributed by atoms with E-state index < -0.39 is 161 Å². The van der Waals surface area contributed by atoms with E-state index >= 15 is 33.6 Å². The van der Waals surface area contributed by atoms with Crippen molar-refractivity contribution < 1.29 is 67.4 Å². The van der Waals surface area contributed by atoms with E-state index in [2.05, 4.69) is 26.2 Å². The number of hydrogen-bond acceptors (Lipinski definition) is 16. The van der Waals surface area contributed by atoms with Gasteiger partial charge in [-0.2, -0.15) is 0 Å². The summed E-state index contributed by atoms with van der Waals surface area (Å²) in [6, 6.07) is -13.1. The van der Waals surface area contributed by atoms with Crippen molar-refractivity contribution in [2.24, 2.45) is 41.4 Å². The monoisotopic (exact) mass is 1400 g/mol. The quantitative estimate of drug-likeness (QED) is 0.0648. The van der Waals surface area contributed by atoms with Crippen LogP contribution in [0.5, 0.6) is 0 Å². The van der Waals surface area contributed by atoms with Crippen molar-refractivity contribution in [3.05, 3.63) is 12.2 Å². The molecule has 14 atom stereocenters. The van der Waals surface area contributed by atoms with Gasteiger partial charge >= 0.3 is 6.09 Å². The molecule has 99 heavy (non-hydrogen) atoms. The number of likely N-dealkylation sites (N-methyl/N-ethyl adjacent to an activating group) is 7. The van der Waals surface area contributed by atoms with E-state index in [0.717, 1.165) is 35.7 Å². The first-order chi connectivity index (χ1) is 45.9. The van der Waals surface area contributed by atoms with Gasteiger partial charge in [-0.3, -0.25) is 57.6 Å². The van der Waals surface area contributed by atoms with Crippen LogP contribution in [0.3, 0.4) is 0 Å². The molecule has 0 bridgehead atoms. The molecule has 0 aromatic carbocycles. The number of aldehydes is 1. The maximum Gasteiger partial charge on any atom is 0.409 e. The molecule has 2 aliphatic rings. The number of aliphatic hydroxyl groups is 1. The highest BCUT2D eigenvalue weighted by atomic mass is 16.6. The molecule has 2 rings (SSSR count). The van der Waals surface area contributed by atoms with Gasteiger partial charge in [0.25, 0.3) is 0 Å². The molecule has 0 saturated carbocycles. The minimum atomic E-state index is -2.00. The van der Waals surface area contributed by atoms with Crippen LogP contribution in [0.4, 0.5) is 4.79 Å². The normalized spacial score (nSPS) is 27.8. The zero-order valence-electron chi connectivity index (χ0n) is 65.0. The zero-order valence-corrected chi connectivity index (χ0v) is 65.0. The Balaban J connectivity index is 3.08. The predicted molar refractivity (Wildman–Crippen MR) is 382 cm³/mol. The summed E-state index contributed by atoms with van der Waals surface area (Å²) in [5, 5.41) is 23.5. The van der Waals surface area contributed by atoms with E-state index in [0.29, 0.717) is 6.29 Å². The summed E-state index contributed by atoms with van der Waals surface area (Å²) in [6.45, 7) is 30.8. The van der Waals surface area contributed by atoms with Gasteiger partial charge in [-0.1, -0.05) is 102 Å². The molecule has 5 N–H and O–H groups in total. The lowest BCUT2D eigenvalue weighted by atomic mass is 9.91. The first kappa shape index (κ1) is 88.3. The van der Waals surface area contributed by atoms with Crippen LogP contribution in [0.2, 0.25) is 0 Å². The van der Waals surface area contributed by atoms with Crippen LogP contribution >= 0.6 is 0 Å². The number of ether oxygens (including phenoxy) is 1. The van der Waals surface area contributed by atoms with E-state index in [1.54, 1.807) is 79.5 Å². The van der Waals surface area contributed by atoms with Gasteiger partial charge in [-0.05, 0) is 154 Å². The van der Waals surface area contributed by atoms with Gasteiger partial charge in [-0.25, -0.2) is 4.79 Å². The Morgan fingerprint density at radius 1 is 0.596 bits per heavy atom. The van der Waals surface area contributed by atoms with Crippen LogP contribution in [0.25, 0.3) is 0 Å². The first-order valence-corrected chi connectivity index (χ1v) is 35.8. The highest BCUT2D eigenvalue weighted by Gasteiger charge is 2.49. The lowest BCUT2D eigenvalue weighted by Gasteiger charge is -2.47. The number of aliphatic hydroxyl groups excluding tert-OH is 1. The summed E-state index contributed by atoms with van der Waals surface area (Å²) >= 11 is 0. The lowest BCUT2D eigenvalue weighted by Crippen LogP contribution is -2.68. The molecule has 11 amide bonds. The van der Waals surface area contributed by atoms with Crippen LogP contribution in [0, 0.1) is 41.4 Å². The van der Waals surface area contributed by atoms with Crippen molar-refractivity contribution in [2.45, 2.75) is 254 Å². The van der Waals surface area contributed by atoms with Gasteiger partial charge < -0.3 is 70.3 Å². The van der Waals surface area contributed by atoms with Crippen molar-refractivity contribution >= 4 is 71.5 Å². The fraction of sp³-hybridized carbons (Fsp3) is 0.806. The molecular weight excluding hydrogens is 1270 g/mol.